The molecule has 0 radical (unpaired) electrons. The largest absolute Gasteiger partial charge is 0.492 e. The van der Waals surface area contributed by atoms with Crippen molar-refractivity contribution in [2.24, 2.45) is 0 Å². The molecule has 5 rings (SSSR count). The minimum atomic E-state index is -3.83. The zero-order valence-corrected chi connectivity index (χ0v) is 20.6. The molecule has 12 heteroatoms. The molecule has 4 aliphatic rings. The van der Waals surface area contributed by atoms with Crippen LogP contribution in [-0.2, 0) is 32.5 Å². The summed E-state index contributed by atoms with van der Waals surface area (Å²) < 4.78 is 51.6. The number of nitrogens with zero attached hydrogens (tertiary/aromatic N) is 4. The van der Waals surface area contributed by atoms with Crippen molar-refractivity contribution in [2.45, 2.75) is 17.9 Å². The first kappa shape index (κ1) is 23.6. The van der Waals surface area contributed by atoms with Gasteiger partial charge in [0.2, 0.25) is 28.5 Å². The summed E-state index contributed by atoms with van der Waals surface area (Å²) >= 11 is 0. The summed E-state index contributed by atoms with van der Waals surface area (Å²) in [7, 11) is -0.262. The van der Waals surface area contributed by atoms with E-state index in [1.54, 1.807) is 7.11 Å². The Hall–Kier alpha value is -2.12. The highest BCUT2D eigenvalue weighted by molar-refractivity contribution is 7.89. The number of ether oxygens (including phenoxy) is 4. The Balaban J connectivity index is 1.36. The molecule has 4 aliphatic heterocycles. The molecule has 2 saturated heterocycles. The van der Waals surface area contributed by atoms with E-state index in [2.05, 4.69) is 4.90 Å². The Morgan fingerprint density at radius 2 is 1.68 bits per heavy atom. The number of carbonyl (C=O) groups is 1. The third-order valence-electron chi connectivity index (χ3n) is 6.97. The number of rotatable bonds is 5. The topological polar surface area (TPSA) is 101 Å². The van der Waals surface area contributed by atoms with E-state index in [-0.39, 0.29) is 23.3 Å². The lowest BCUT2D eigenvalue weighted by atomic mass is 9.97. The summed E-state index contributed by atoms with van der Waals surface area (Å²) in [5.74, 6) is 1.24. The number of morpholine rings is 1. The van der Waals surface area contributed by atoms with Gasteiger partial charge >= 0.3 is 0 Å². The van der Waals surface area contributed by atoms with Crippen molar-refractivity contribution in [1.29, 1.82) is 0 Å². The first-order valence-electron chi connectivity index (χ1n) is 11.7. The molecule has 0 unspecified atom stereocenters. The summed E-state index contributed by atoms with van der Waals surface area (Å²) in [6.45, 7) is 5.55. The number of hydrogen-bond acceptors (Lipinski definition) is 9. The van der Waals surface area contributed by atoms with E-state index in [1.807, 2.05) is 16.8 Å². The number of methoxy groups -OCH3 is 1. The molecule has 0 aromatic heterocycles. The molecule has 0 saturated carbocycles. The van der Waals surface area contributed by atoms with Crippen molar-refractivity contribution >= 4 is 15.9 Å². The molecule has 0 aliphatic carbocycles. The van der Waals surface area contributed by atoms with Crippen LogP contribution in [0.2, 0.25) is 0 Å². The third kappa shape index (κ3) is 4.22. The quantitative estimate of drug-likeness (QED) is 0.538. The molecule has 0 atom stereocenters. The average Bonchev–Trinajstić information content (AvgIpc) is 3.32. The summed E-state index contributed by atoms with van der Waals surface area (Å²) in [5.41, 5.74) is 1.60. The van der Waals surface area contributed by atoms with Crippen LogP contribution >= 0.6 is 0 Å². The minimum Gasteiger partial charge on any atom is -0.492 e. The van der Waals surface area contributed by atoms with Crippen molar-refractivity contribution in [1.82, 2.24) is 19.0 Å². The lowest BCUT2D eigenvalue weighted by Crippen LogP contribution is -2.52. The van der Waals surface area contributed by atoms with Gasteiger partial charge in [-0.25, -0.2) is 8.42 Å². The highest BCUT2D eigenvalue weighted by atomic mass is 32.2. The number of sulfonamides is 1. The number of piperazine rings is 1. The second kappa shape index (κ2) is 9.50. The van der Waals surface area contributed by atoms with Gasteiger partial charge in [-0.15, -0.1) is 0 Å². The van der Waals surface area contributed by atoms with Gasteiger partial charge in [0.05, 0.1) is 26.9 Å². The van der Waals surface area contributed by atoms with E-state index in [9.17, 15) is 13.2 Å². The molecule has 0 bridgehead atoms. The van der Waals surface area contributed by atoms with Crippen molar-refractivity contribution in [3.63, 3.8) is 0 Å². The highest BCUT2D eigenvalue weighted by Crippen LogP contribution is 2.51. The second-order valence-corrected chi connectivity index (χ2v) is 10.9. The van der Waals surface area contributed by atoms with Crippen molar-refractivity contribution < 1.29 is 32.2 Å². The number of likely N-dealkylation sites (N-methyl/N-ethyl adjacent to an activating group) is 1. The van der Waals surface area contributed by atoms with Gasteiger partial charge in [0, 0.05) is 57.9 Å². The molecule has 1 aromatic rings. The Morgan fingerprint density at radius 1 is 0.971 bits per heavy atom. The van der Waals surface area contributed by atoms with Gasteiger partial charge in [0.15, 0.2) is 11.5 Å². The molecule has 2 fully saturated rings. The van der Waals surface area contributed by atoms with E-state index in [1.165, 1.54) is 4.31 Å². The number of hydrogen-bond donors (Lipinski definition) is 0. The summed E-state index contributed by atoms with van der Waals surface area (Å²) in [4.78, 5) is 18.8. The Labute approximate surface area is 200 Å². The lowest BCUT2D eigenvalue weighted by molar-refractivity contribution is -0.136. The summed E-state index contributed by atoms with van der Waals surface area (Å²) in [6.07, 6.45) is 0.585. The van der Waals surface area contributed by atoms with Crippen molar-refractivity contribution in [2.75, 3.05) is 86.5 Å². The Morgan fingerprint density at radius 3 is 2.38 bits per heavy atom. The standard InChI is InChI=1S/C22H32N4O7S/c1-23-4-3-16-17(13-23)19(30-2)20-21(33-15-32-20)22(16)34(28,29)26-7-5-24(6-8-26)14-18(27)25-9-11-31-12-10-25/h3-15H2,1-2H3. The fourth-order valence-corrected chi connectivity index (χ4v) is 6.92. The summed E-state index contributed by atoms with van der Waals surface area (Å²) in [5, 5.41) is 0. The summed E-state index contributed by atoms with van der Waals surface area (Å²) in [6, 6.07) is 0. The molecule has 1 amide bonds. The monoisotopic (exact) mass is 496 g/mol. The Bertz CT molecular complexity index is 1050. The van der Waals surface area contributed by atoms with Crippen LogP contribution in [-0.4, -0.2) is 120 Å². The number of fused-ring (bicyclic) bond motifs is 2. The van der Waals surface area contributed by atoms with Crippen LogP contribution in [0.25, 0.3) is 0 Å². The van der Waals surface area contributed by atoms with Crippen LogP contribution in [0.5, 0.6) is 17.2 Å². The molecule has 188 valence electrons. The fourth-order valence-electron chi connectivity index (χ4n) is 5.10. The smallest absolute Gasteiger partial charge is 0.247 e. The van der Waals surface area contributed by atoms with E-state index >= 15 is 0 Å². The maximum absolute atomic E-state index is 13.9. The number of carbonyl (C=O) groups excluding carboxylic acids is 1. The number of amides is 1. The van der Waals surface area contributed by atoms with Crippen LogP contribution in [0.1, 0.15) is 11.1 Å². The van der Waals surface area contributed by atoms with Gasteiger partial charge in [0.1, 0.15) is 4.90 Å². The van der Waals surface area contributed by atoms with E-state index in [4.69, 9.17) is 18.9 Å². The molecular formula is C22H32N4O7S. The first-order chi connectivity index (χ1) is 16.4. The molecule has 0 spiro atoms. The molecule has 11 nitrogen and oxygen atoms in total. The van der Waals surface area contributed by atoms with E-state index in [0.29, 0.717) is 83.5 Å². The molecular weight excluding hydrogens is 464 g/mol. The van der Waals surface area contributed by atoms with Crippen molar-refractivity contribution in [3.8, 4) is 17.2 Å². The predicted octanol–water partition coefficient (Wildman–Crippen LogP) is -0.423. The van der Waals surface area contributed by atoms with Crippen LogP contribution < -0.4 is 14.2 Å². The SMILES string of the molecule is COc1c2c(c(S(=O)(=O)N3CCN(CC(=O)N4CCOCC4)CC3)c3c1OCO3)CCN(C)C2. The normalized spacial score (nSPS) is 22.0. The van der Waals surface area contributed by atoms with Gasteiger partial charge in [-0.1, -0.05) is 0 Å². The molecule has 4 heterocycles. The van der Waals surface area contributed by atoms with Crippen LogP contribution in [0.3, 0.4) is 0 Å². The zero-order chi connectivity index (χ0) is 23.9. The highest BCUT2D eigenvalue weighted by Gasteiger charge is 2.41. The maximum Gasteiger partial charge on any atom is 0.247 e. The lowest BCUT2D eigenvalue weighted by Gasteiger charge is -2.36. The Kier molecular flexibility index (Phi) is 6.60. The number of benzene rings is 1. The minimum absolute atomic E-state index is 0.0373. The van der Waals surface area contributed by atoms with Gasteiger partial charge in [-0.05, 0) is 19.0 Å². The molecule has 34 heavy (non-hydrogen) atoms. The fraction of sp³-hybridized carbons (Fsp3) is 0.682. The van der Waals surface area contributed by atoms with Crippen LogP contribution in [0.15, 0.2) is 4.90 Å². The molecule has 1 aromatic carbocycles. The van der Waals surface area contributed by atoms with Crippen molar-refractivity contribution in [3.05, 3.63) is 11.1 Å². The van der Waals surface area contributed by atoms with Gasteiger partial charge in [-0.2, -0.15) is 4.31 Å². The zero-order valence-electron chi connectivity index (χ0n) is 19.7. The van der Waals surface area contributed by atoms with E-state index in [0.717, 1.165) is 17.7 Å². The average molecular weight is 497 g/mol. The maximum atomic E-state index is 13.9. The van der Waals surface area contributed by atoms with Gasteiger partial charge < -0.3 is 28.7 Å². The predicted molar refractivity (Wildman–Crippen MR) is 122 cm³/mol. The van der Waals surface area contributed by atoms with Gasteiger partial charge in [-0.3, -0.25) is 9.69 Å². The first-order valence-corrected chi connectivity index (χ1v) is 13.1. The second-order valence-electron chi connectivity index (χ2n) is 9.05. The van der Waals surface area contributed by atoms with Crippen LogP contribution in [0, 0.1) is 0 Å². The van der Waals surface area contributed by atoms with Gasteiger partial charge in [0.25, 0.3) is 0 Å². The third-order valence-corrected chi connectivity index (χ3v) is 8.96. The molecule has 0 N–H and O–H groups in total. The van der Waals surface area contributed by atoms with E-state index < -0.39 is 10.0 Å². The van der Waals surface area contributed by atoms with Crippen LogP contribution in [0.4, 0.5) is 0 Å².